The van der Waals surface area contributed by atoms with Crippen molar-refractivity contribution >= 4 is 33.2 Å². The van der Waals surface area contributed by atoms with Gasteiger partial charge in [-0.1, -0.05) is 43.0 Å². The summed E-state index contributed by atoms with van der Waals surface area (Å²) in [5.41, 5.74) is 6.16. The number of nitrogens with zero attached hydrogens (tertiary/aromatic N) is 1. The van der Waals surface area contributed by atoms with E-state index in [2.05, 4.69) is 0 Å². The predicted molar refractivity (Wildman–Crippen MR) is 86.2 cm³/mol. The molecule has 2 N–H and O–H groups in total. The summed E-state index contributed by atoms with van der Waals surface area (Å²) in [6.45, 7) is 2.42. The fraction of sp³-hybridized carbons (Fsp3) is 0.571. The molecule has 4 nitrogen and oxygen atoms in total. The van der Waals surface area contributed by atoms with Gasteiger partial charge in [0, 0.05) is 24.2 Å². The van der Waals surface area contributed by atoms with Gasteiger partial charge in [0.15, 0.2) is 0 Å². The minimum absolute atomic E-state index is 0.0522. The van der Waals surface area contributed by atoms with Crippen LogP contribution in [0.25, 0.3) is 0 Å². The lowest BCUT2D eigenvalue weighted by atomic mass is 10.2. The van der Waals surface area contributed by atoms with Crippen molar-refractivity contribution in [3.63, 3.8) is 0 Å². The summed E-state index contributed by atoms with van der Waals surface area (Å²) in [4.78, 5) is 0.0610. The van der Waals surface area contributed by atoms with Crippen molar-refractivity contribution in [1.29, 1.82) is 0 Å². The smallest absolute Gasteiger partial charge is 0.244 e. The van der Waals surface area contributed by atoms with Gasteiger partial charge in [0.05, 0.1) is 5.02 Å². The highest BCUT2D eigenvalue weighted by molar-refractivity contribution is 7.89. The van der Waals surface area contributed by atoms with Gasteiger partial charge in [-0.3, -0.25) is 0 Å². The van der Waals surface area contributed by atoms with Gasteiger partial charge >= 0.3 is 0 Å². The minimum atomic E-state index is -3.66. The fourth-order valence-electron chi connectivity index (χ4n) is 2.90. The summed E-state index contributed by atoms with van der Waals surface area (Å²) in [7, 11) is -3.66. The highest BCUT2D eigenvalue weighted by Crippen LogP contribution is 2.34. The molecular formula is C14H20Cl2N2O2S. The quantitative estimate of drug-likeness (QED) is 0.884. The number of sulfonamides is 1. The normalized spacial score (nSPS) is 16.8. The number of halogens is 2. The molecule has 118 valence electrons. The maximum absolute atomic E-state index is 12.9. The van der Waals surface area contributed by atoms with E-state index in [1.807, 2.05) is 6.92 Å². The third-order valence-electron chi connectivity index (χ3n) is 3.93. The Kier molecular flexibility index (Phi) is 5.54. The van der Waals surface area contributed by atoms with E-state index in [9.17, 15) is 8.42 Å². The lowest BCUT2D eigenvalue weighted by Crippen LogP contribution is -2.38. The summed E-state index contributed by atoms with van der Waals surface area (Å²) in [6, 6.07) is 3.07. The maximum atomic E-state index is 12.9. The predicted octanol–water partition coefficient (Wildman–Crippen LogP) is 3.41. The Hall–Kier alpha value is -0.330. The van der Waals surface area contributed by atoms with Gasteiger partial charge in [0.25, 0.3) is 0 Å². The van der Waals surface area contributed by atoms with Crippen LogP contribution in [-0.4, -0.2) is 25.3 Å². The Morgan fingerprint density at radius 3 is 2.43 bits per heavy atom. The molecule has 0 amide bonds. The molecule has 1 aromatic carbocycles. The second-order valence-corrected chi connectivity index (χ2v) is 7.90. The van der Waals surface area contributed by atoms with Gasteiger partial charge in [0.2, 0.25) is 10.0 Å². The van der Waals surface area contributed by atoms with Crippen molar-refractivity contribution in [1.82, 2.24) is 4.31 Å². The summed E-state index contributed by atoms with van der Waals surface area (Å²) in [6.07, 6.45) is 3.92. The van der Waals surface area contributed by atoms with Crippen LogP contribution < -0.4 is 5.73 Å². The van der Waals surface area contributed by atoms with Crippen LogP contribution in [0.4, 0.5) is 0 Å². The third-order valence-corrected chi connectivity index (χ3v) is 6.76. The van der Waals surface area contributed by atoms with Crippen LogP contribution in [-0.2, 0) is 16.6 Å². The number of hydrogen-bond donors (Lipinski definition) is 1. The highest BCUT2D eigenvalue weighted by Gasteiger charge is 2.34. The molecule has 0 aliphatic heterocycles. The van der Waals surface area contributed by atoms with Crippen molar-refractivity contribution in [2.45, 2.75) is 50.1 Å². The maximum Gasteiger partial charge on any atom is 0.244 e. The molecule has 0 spiro atoms. The summed E-state index contributed by atoms with van der Waals surface area (Å²) in [5.74, 6) is 0. The molecule has 1 aliphatic carbocycles. The van der Waals surface area contributed by atoms with Gasteiger partial charge in [-0.25, -0.2) is 8.42 Å². The van der Waals surface area contributed by atoms with Gasteiger partial charge in [-0.15, -0.1) is 0 Å². The van der Waals surface area contributed by atoms with Crippen LogP contribution in [0.3, 0.4) is 0 Å². The lowest BCUT2D eigenvalue weighted by Gasteiger charge is -2.27. The van der Waals surface area contributed by atoms with Crippen LogP contribution >= 0.6 is 23.2 Å². The average molecular weight is 351 g/mol. The molecule has 1 aliphatic rings. The van der Waals surface area contributed by atoms with Crippen LogP contribution in [0, 0.1) is 0 Å². The Labute approximate surface area is 136 Å². The standard InChI is InChI=1S/C14H20Cl2N2O2S/c1-2-18(12-5-3-4-6-12)21(19,20)13-8-11(15)7-10(9-17)14(13)16/h7-8,12H,2-6,9,17H2,1H3. The SMILES string of the molecule is CCN(C1CCCC1)S(=O)(=O)c1cc(Cl)cc(CN)c1Cl. The number of benzene rings is 1. The Balaban J connectivity index is 2.49. The zero-order chi connectivity index (χ0) is 15.6. The van der Waals surface area contributed by atoms with Crippen molar-refractivity contribution < 1.29 is 8.42 Å². The first kappa shape index (κ1) is 17.0. The first-order chi connectivity index (χ1) is 9.91. The summed E-state index contributed by atoms with van der Waals surface area (Å²) < 4.78 is 27.4. The summed E-state index contributed by atoms with van der Waals surface area (Å²) in [5, 5.41) is 0.513. The zero-order valence-corrected chi connectivity index (χ0v) is 14.3. The molecule has 0 radical (unpaired) electrons. The topological polar surface area (TPSA) is 63.4 Å². The van der Waals surface area contributed by atoms with Gasteiger partial charge in [0.1, 0.15) is 4.90 Å². The summed E-state index contributed by atoms with van der Waals surface area (Å²) >= 11 is 12.2. The van der Waals surface area contributed by atoms with Crippen molar-refractivity contribution in [3.05, 3.63) is 27.7 Å². The molecule has 21 heavy (non-hydrogen) atoms. The van der Waals surface area contributed by atoms with E-state index in [4.69, 9.17) is 28.9 Å². The Bertz CT molecular complexity index is 614. The molecule has 0 unspecified atom stereocenters. The third kappa shape index (κ3) is 3.37. The zero-order valence-electron chi connectivity index (χ0n) is 12.0. The number of rotatable bonds is 5. The van der Waals surface area contributed by atoms with Gasteiger partial charge in [-0.05, 0) is 30.5 Å². The molecule has 7 heteroatoms. The van der Waals surface area contributed by atoms with Crippen molar-refractivity contribution in [2.24, 2.45) is 5.73 Å². The van der Waals surface area contributed by atoms with Gasteiger partial charge in [-0.2, -0.15) is 4.31 Å². The van der Waals surface area contributed by atoms with E-state index in [-0.39, 0.29) is 22.5 Å². The molecule has 0 aromatic heterocycles. The first-order valence-corrected chi connectivity index (χ1v) is 9.31. The molecule has 0 heterocycles. The highest BCUT2D eigenvalue weighted by atomic mass is 35.5. The largest absolute Gasteiger partial charge is 0.326 e. The molecule has 1 fully saturated rings. The van der Waals surface area contributed by atoms with E-state index >= 15 is 0 Å². The Morgan fingerprint density at radius 1 is 1.29 bits per heavy atom. The Morgan fingerprint density at radius 2 is 1.90 bits per heavy atom. The molecule has 1 saturated carbocycles. The van der Waals surface area contributed by atoms with Crippen LogP contribution in [0.2, 0.25) is 10.0 Å². The molecule has 1 aromatic rings. The first-order valence-electron chi connectivity index (χ1n) is 7.11. The van der Waals surface area contributed by atoms with E-state index in [1.54, 1.807) is 6.07 Å². The van der Waals surface area contributed by atoms with E-state index in [0.29, 0.717) is 17.1 Å². The van der Waals surface area contributed by atoms with Gasteiger partial charge < -0.3 is 5.73 Å². The van der Waals surface area contributed by atoms with E-state index in [1.165, 1.54) is 10.4 Å². The van der Waals surface area contributed by atoms with Crippen molar-refractivity contribution in [2.75, 3.05) is 6.54 Å². The lowest BCUT2D eigenvalue weighted by molar-refractivity contribution is 0.335. The minimum Gasteiger partial charge on any atom is -0.326 e. The van der Waals surface area contributed by atoms with E-state index in [0.717, 1.165) is 25.7 Å². The van der Waals surface area contributed by atoms with Crippen LogP contribution in [0.5, 0.6) is 0 Å². The molecule has 2 rings (SSSR count). The van der Waals surface area contributed by atoms with E-state index < -0.39 is 10.0 Å². The van der Waals surface area contributed by atoms with Crippen molar-refractivity contribution in [3.8, 4) is 0 Å². The molecule has 0 saturated heterocycles. The molecule has 0 atom stereocenters. The number of nitrogens with two attached hydrogens (primary N) is 1. The second kappa shape index (κ2) is 6.84. The molecular weight excluding hydrogens is 331 g/mol. The monoisotopic (exact) mass is 350 g/mol. The second-order valence-electron chi connectivity index (χ2n) is 5.23. The number of hydrogen-bond acceptors (Lipinski definition) is 3. The fourth-order valence-corrected chi connectivity index (χ4v) is 5.51. The van der Waals surface area contributed by atoms with Crippen LogP contribution in [0.15, 0.2) is 17.0 Å². The van der Waals surface area contributed by atoms with Crippen LogP contribution in [0.1, 0.15) is 38.2 Å². The molecule has 0 bridgehead atoms. The average Bonchev–Trinajstić information content (AvgIpc) is 2.95.